The predicted octanol–water partition coefficient (Wildman–Crippen LogP) is 5.55. The molecule has 2 amide bonds. The summed E-state index contributed by atoms with van der Waals surface area (Å²) in [5.41, 5.74) is 1.74. The van der Waals surface area contributed by atoms with E-state index in [1.54, 1.807) is 19.1 Å². The first-order chi connectivity index (χ1) is 15.3. The van der Waals surface area contributed by atoms with E-state index in [0.717, 1.165) is 36.8 Å². The summed E-state index contributed by atoms with van der Waals surface area (Å²) >= 11 is 12.2. The topological polar surface area (TPSA) is 58.6 Å². The highest BCUT2D eigenvalue weighted by Gasteiger charge is 2.28. The molecular formula is C25H30Cl2N2O3. The van der Waals surface area contributed by atoms with Gasteiger partial charge in [-0.15, -0.1) is 0 Å². The SMILES string of the molecule is Cc1ccccc1OCC(=O)N(Cc1ccc(Cl)c(Cl)c1)[C@H](C)C(=O)NC1CCCCC1. The van der Waals surface area contributed by atoms with Crippen molar-refractivity contribution in [1.29, 1.82) is 0 Å². The second-order valence-electron chi connectivity index (χ2n) is 8.34. The van der Waals surface area contributed by atoms with Crippen molar-refractivity contribution in [3.05, 3.63) is 63.6 Å². The number of ether oxygens (including phenoxy) is 1. The molecule has 0 spiro atoms. The third-order valence-corrected chi connectivity index (χ3v) is 6.64. The van der Waals surface area contributed by atoms with Crippen molar-refractivity contribution in [2.75, 3.05) is 6.61 Å². The molecule has 1 aliphatic carbocycles. The average Bonchev–Trinajstić information content (AvgIpc) is 2.79. The first kappa shape index (κ1) is 24.4. The van der Waals surface area contributed by atoms with Crippen molar-refractivity contribution >= 4 is 35.0 Å². The summed E-state index contributed by atoms with van der Waals surface area (Å²) < 4.78 is 5.77. The third-order valence-electron chi connectivity index (χ3n) is 5.90. The molecule has 1 saturated carbocycles. The van der Waals surface area contributed by atoms with Crippen LogP contribution in [0.2, 0.25) is 10.0 Å². The van der Waals surface area contributed by atoms with E-state index in [1.807, 2.05) is 37.3 Å². The van der Waals surface area contributed by atoms with E-state index in [-0.39, 0.29) is 31.0 Å². The number of aryl methyl sites for hydroxylation is 1. The number of nitrogens with zero attached hydrogens (tertiary/aromatic N) is 1. The molecule has 172 valence electrons. The number of halogens is 2. The molecule has 0 bridgehead atoms. The molecule has 0 aliphatic heterocycles. The van der Waals surface area contributed by atoms with Crippen LogP contribution in [0.1, 0.15) is 50.2 Å². The van der Waals surface area contributed by atoms with Gasteiger partial charge < -0.3 is 15.0 Å². The molecule has 32 heavy (non-hydrogen) atoms. The zero-order valence-corrected chi connectivity index (χ0v) is 20.1. The molecule has 0 radical (unpaired) electrons. The van der Waals surface area contributed by atoms with Gasteiger partial charge >= 0.3 is 0 Å². The lowest BCUT2D eigenvalue weighted by Crippen LogP contribution is -2.51. The van der Waals surface area contributed by atoms with Gasteiger partial charge in [-0.25, -0.2) is 0 Å². The number of rotatable bonds is 8. The molecule has 1 aliphatic rings. The minimum atomic E-state index is -0.653. The Balaban J connectivity index is 1.74. The normalized spacial score (nSPS) is 15.1. The molecule has 0 saturated heterocycles. The van der Waals surface area contributed by atoms with Crippen LogP contribution < -0.4 is 10.1 Å². The van der Waals surface area contributed by atoms with Gasteiger partial charge in [0.15, 0.2) is 6.61 Å². The standard InChI is InChI=1S/C25H30Cl2N2O3/c1-17-8-6-7-11-23(17)32-16-24(30)29(15-19-12-13-21(26)22(27)14-19)18(2)25(31)28-20-9-4-3-5-10-20/h6-8,11-14,18,20H,3-5,9-10,15-16H2,1-2H3,(H,28,31)/t18-/m1/s1. The molecule has 7 heteroatoms. The lowest BCUT2D eigenvalue weighted by Gasteiger charge is -2.31. The van der Waals surface area contributed by atoms with Crippen molar-refractivity contribution in [1.82, 2.24) is 10.2 Å². The van der Waals surface area contributed by atoms with E-state index in [2.05, 4.69) is 5.32 Å². The number of hydrogen-bond donors (Lipinski definition) is 1. The van der Waals surface area contributed by atoms with Crippen LogP contribution in [0.15, 0.2) is 42.5 Å². The van der Waals surface area contributed by atoms with Gasteiger partial charge in [0.2, 0.25) is 5.91 Å². The van der Waals surface area contributed by atoms with E-state index in [4.69, 9.17) is 27.9 Å². The molecule has 1 fully saturated rings. The number of benzene rings is 2. The van der Waals surface area contributed by atoms with Crippen molar-refractivity contribution in [3.63, 3.8) is 0 Å². The Morgan fingerprint density at radius 1 is 1.09 bits per heavy atom. The molecular weight excluding hydrogens is 447 g/mol. The number of nitrogens with one attached hydrogen (secondary N) is 1. The summed E-state index contributed by atoms with van der Waals surface area (Å²) in [5.74, 6) is 0.224. The van der Waals surface area contributed by atoms with E-state index < -0.39 is 6.04 Å². The van der Waals surface area contributed by atoms with E-state index in [0.29, 0.717) is 15.8 Å². The fraction of sp³-hybridized carbons (Fsp3) is 0.440. The minimum absolute atomic E-state index is 0.152. The van der Waals surface area contributed by atoms with Crippen LogP contribution in [-0.4, -0.2) is 35.4 Å². The fourth-order valence-electron chi connectivity index (χ4n) is 3.93. The number of amides is 2. The minimum Gasteiger partial charge on any atom is -0.484 e. The average molecular weight is 477 g/mol. The van der Waals surface area contributed by atoms with E-state index in [1.165, 1.54) is 11.3 Å². The predicted molar refractivity (Wildman–Crippen MR) is 128 cm³/mol. The maximum absolute atomic E-state index is 13.2. The molecule has 1 atom stereocenters. The molecule has 3 rings (SSSR count). The molecule has 0 unspecified atom stereocenters. The first-order valence-corrected chi connectivity index (χ1v) is 11.8. The Morgan fingerprint density at radius 2 is 1.81 bits per heavy atom. The van der Waals surface area contributed by atoms with E-state index in [9.17, 15) is 9.59 Å². The molecule has 0 aromatic heterocycles. The number of carbonyl (C=O) groups is 2. The van der Waals surface area contributed by atoms with Gasteiger partial charge in [0.25, 0.3) is 5.91 Å². The van der Waals surface area contributed by atoms with Crippen molar-refractivity contribution in [3.8, 4) is 5.75 Å². The Kier molecular flexibility index (Phi) is 8.83. The lowest BCUT2D eigenvalue weighted by molar-refractivity contribution is -0.142. The second-order valence-corrected chi connectivity index (χ2v) is 9.16. The molecule has 2 aromatic carbocycles. The smallest absolute Gasteiger partial charge is 0.261 e. The second kappa shape index (κ2) is 11.6. The van der Waals surface area contributed by atoms with Gasteiger partial charge in [-0.05, 0) is 56.0 Å². The van der Waals surface area contributed by atoms with Gasteiger partial charge in [0, 0.05) is 12.6 Å². The summed E-state index contributed by atoms with van der Waals surface area (Å²) in [6, 6.07) is 12.3. The zero-order chi connectivity index (χ0) is 23.1. The summed E-state index contributed by atoms with van der Waals surface area (Å²) in [6.45, 7) is 3.74. The molecule has 2 aromatic rings. The highest BCUT2D eigenvalue weighted by Crippen LogP contribution is 2.24. The first-order valence-electron chi connectivity index (χ1n) is 11.1. The Bertz CT molecular complexity index is 945. The number of para-hydroxylation sites is 1. The van der Waals surface area contributed by atoms with Crippen LogP contribution in [0.3, 0.4) is 0 Å². The maximum atomic E-state index is 13.2. The summed E-state index contributed by atoms with van der Waals surface area (Å²) in [4.78, 5) is 27.7. The fourth-order valence-corrected chi connectivity index (χ4v) is 4.25. The van der Waals surface area contributed by atoms with Gasteiger partial charge in [0.1, 0.15) is 11.8 Å². The Labute approximate surface area is 200 Å². The highest BCUT2D eigenvalue weighted by molar-refractivity contribution is 6.42. The van der Waals surface area contributed by atoms with Crippen molar-refractivity contribution in [2.24, 2.45) is 0 Å². The van der Waals surface area contributed by atoms with Crippen LogP contribution in [0.5, 0.6) is 5.75 Å². The lowest BCUT2D eigenvalue weighted by atomic mass is 9.95. The van der Waals surface area contributed by atoms with Crippen LogP contribution in [0, 0.1) is 6.92 Å². The number of carbonyl (C=O) groups excluding carboxylic acids is 2. The molecule has 0 heterocycles. The van der Waals surface area contributed by atoms with Crippen molar-refractivity contribution in [2.45, 2.75) is 64.6 Å². The third kappa shape index (κ3) is 6.63. The summed E-state index contributed by atoms with van der Waals surface area (Å²) in [6.07, 6.45) is 5.41. The van der Waals surface area contributed by atoms with Gasteiger partial charge in [-0.3, -0.25) is 9.59 Å². The van der Waals surface area contributed by atoms with Crippen LogP contribution in [-0.2, 0) is 16.1 Å². The van der Waals surface area contributed by atoms with E-state index >= 15 is 0 Å². The summed E-state index contributed by atoms with van der Waals surface area (Å²) in [5, 5.41) is 3.98. The maximum Gasteiger partial charge on any atom is 0.261 e. The van der Waals surface area contributed by atoms with Gasteiger partial charge in [-0.2, -0.15) is 0 Å². The van der Waals surface area contributed by atoms with Crippen LogP contribution in [0.4, 0.5) is 0 Å². The van der Waals surface area contributed by atoms with Gasteiger partial charge in [-0.1, -0.05) is 66.7 Å². The highest BCUT2D eigenvalue weighted by atomic mass is 35.5. The summed E-state index contributed by atoms with van der Waals surface area (Å²) in [7, 11) is 0. The zero-order valence-electron chi connectivity index (χ0n) is 18.6. The van der Waals surface area contributed by atoms with Crippen molar-refractivity contribution < 1.29 is 14.3 Å². The Morgan fingerprint density at radius 3 is 2.50 bits per heavy atom. The van der Waals surface area contributed by atoms with Crippen LogP contribution >= 0.6 is 23.2 Å². The number of hydrogen-bond acceptors (Lipinski definition) is 3. The Hall–Kier alpha value is -2.24. The van der Waals surface area contributed by atoms with Crippen LogP contribution in [0.25, 0.3) is 0 Å². The van der Waals surface area contributed by atoms with Gasteiger partial charge in [0.05, 0.1) is 10.0 Å². The molecule has 1 N–H and O–H groups in total. The largest absolute Gasteiger partial charge is 0.484 e. The molecule has 5 nitrogen and oxygen atoms in total. The monoisotopic (exact) mass is 476 g/mol. The quantitative estimate of drug-likeness (QED) is 0.543.